The minimum atomic E-state index is -0.468. The molecule has 1 aromatic carbocycles. The molecule has 0 spiro atoms. The molecule has 3 rings (SSSR count). The Bertz CT molecular complexity index is 705. The van der Waals surface area contributed by atoms with Gasteiger partial charge in [0.15, 0.2) is 0 Å². The van der Waals surface area contributed by atoms with Crippen LogP contribution in [-0.2, 0) is 0 Å². The van der Waals surface area contributed by atoms with Crippen molar-refractivity contribution in [2.45, 2.75) is 6.92 Å². The molecule has 0 aliphatic carbocycles. The highest BCUT2D eigenvalue weighted by Gasteiger charge is 2.08. The van der Waals surface area contributed by atoms with Gasteiger partial charge in [-0.05, 0) is 24.4 Å². The van der Waals surface area contributed by atoms with Gasteiger partial charge < -0.3 is 0 Å². The topological polar surface area (TPSA) is 25.8 Å². The molecule has 0 aliphatic heterocycles. The number of aryl methyl sites for hydroxylation is 1. The molecule has 2 nitrogen and oxygen atoms in total. The molecule has 0 radical (unpaired) electrons. The molecule has 0 saturated carbocycles. The van der Waals surface area contributed by atoms with Gasteiger partial charge in [-0.2, -0.15) is 4.39 Å². The predicted molar refractivity (Wildman–Crippen MR) is 69.7 cm³/mol. The summed E-state index contributed by atoms with van der Waals surface area (Å²) in [7, 11) is 0. The zero-order valence-electron chi connectivity index (χ0n) is 9.89. The van der Waals surface area contributed by atoms with Gasteiger partial charge in [0.05, 0.1) is 0 Å². The smallest absolute Gasteiger partial charge is 0.212 e. The highest BCUT2D eigenvalue weighted by molar-refractivity contribution is 5.96. The first-order chi connectivity index (χ1) is 8.75. The van der Waals surface area contributed by atoms with Gasteiger partial charge in [-0.3, -0.25) is 4.98 Å². The number of rotatable bonds is 1. The summed E-state index contributed by atoms with van der Waals surface area (Å²) in [6.07, 6.45) is 3.40. The molecule has 0 amide bonds. The zero-order chi connectivity index (χ0) is 12.5. The molecule has 0 aliphatic rings. The molecule has 0 unspecified atom stereocenters. The van der Waals surface area contributed by atoms with Crippen LogP contribution in [0.25, 0.3) is 21.9 Å². The van der Waals surface area contributed by atoms with Crippen molar-refractivity contribution in [3.63, 3.8) is 0 Å². The minimum Gasteiger partial charge on any atom is -0.260 e. The standard InChI is InChI=1S/C15H11FN2/c1-10-15(12-6-7-14(16)18-9-12)13-5-3-2-4-11(13)8-17-10/h2-9H,1H3. The number of fused-ring (bicyclic) bond motifs is 1. The van der Waals surface area contributed by atoms with E-state index in [1.165, 1.54) is 6.07 Å². The summed E-state index contributed by atoms with van der Waals surface area (Å²) in [5, 5.41) is 2.18. The van der Waals surface area contributed by atoms with Crippen LogP contribution in [0.4, 0.5) is 4.39 Å². The second-order valence-corrected chi connectivity index (χ2v) is 4.18. The fraction of sp³-hybridized carbons (Fsp3) is 0.0667. The Morgan fingerprint density at radius 2 is 1.78 bits per heavy atom. The lowest BCUT2D eigenvalue weighted by molar-refractivity contribution is 0.584. The number of nitrogens with zero attached hydrogens (tertiary/aromatic N) is 2. The first-order valence-electron chi connectivity index (χ1n) is 5.72. The van der Waals surface area contributed by atoms with Crippen molar-refractivity contribution in [3.05, 3.63) is 60.4 Å². The maximum absolute atomic E-state index is 12.9. The number of halogens is 1. The largest absolute Gasteiger partial charge is 0.260 e. The first kappa shape index (κ1) is 10.8. The van der Waals surface area contributed by atoms with Crippen LogP contribution in [0.2, 0.25) is 0 Å². The molecule has 0 N–H and O–H groups in total. The molecule has 18 heavy (non-hydrogen) atoms. The van der Waals surface area contributed by atoms with Crippen LogP contribution >= 0.6 is 0 Å². The van der Waals surface area contributed by atoms with E-state index in [2.05, 4.69) is 9.97 Å². The van der Waals surface area contributed by atoms with Crippen LogP contribution in [0.5, 0.6) is 0 Å². The van der Waals surface area contributed by atoms with Gasteiger partial charge in [0, 0.05) is 34.6 Å². The highest BCUT2D eigenvalue weighted by Crippen LogP contribution is 2.29. The van der Waals surface area contributed by atoms with Crippen molar-refractivity contribution >= 4 is 10.8 Å². The first-order valence-corrected chi connectivity index (χ1v) is 5.72. The summed E-state index contributed by atoms with van der Waals surface area (Å²) in [6.45, 7) is 1.95. The molecular formula is C15H11FN2. The summed E-state index contributed by atoms with van der Waals surface area (Å²) >= 11 is 0. The monoisotopic (exact) mass is 238 g/mol. The quantitative estimate of drug-likeness (QED) is 0.603. The van der Waals surface area contributed by atoms with Crippen LogP contribution in [0.15, 0.2) is 48.8 Å². The van der Waals surface area contributed by atoms with Crippen LogP contribution < -0.4 is 0 Å². The van der Waals surface area contributed by atoms with Gasteiger partial charge >= 0.3 is 0 Å². The third-order valence-electron chi connectivity index (χ3n) is 3.01. The van der Waals surface area contributed by atoms with Gasteiger partial charge in [0.1, 0.15) is 0 Å². The number of aromatic nitrogens is 2. The lowest BCUT2D eigenvalue weighted by atomic mass is 9.99. The predicted octanol–water partition coefficient (Wildman–Crippen LogP) is 3.74. The zero-order valence-corrected chi connectivity index (χ0v) is 9.89. The third-order valence-corrected chi connectivity index (χ3v) is 3.01. The Kier molecular flexibility index (Phi) is 2.52. The van der Waals surface area contributed by atoms with Gasteiger partial charge in [0.2, 0.25) is 5.95 Å². The normalized spacial score (nSPS) is 10.8. The summed E-state index contributed by atoms with van der Waals surface area (Å²) in [4.78, 5) is 8.09. The van der Waals surface area contributed by atoms with E-state index in [9.17, 15) is 4.39 Å². The maximum Gasteiger partial charge on any atom is 0.212 e. The lowest BCUT2D eigenvalue weighted by Gasteiger charge is -2.09. The summed E-state index contributed by atoms with van der Waals surface area (Å²) in [5.41, 5.74) is 2.82. The third kappa shape index (κ3) is 1.74. The van der Waals surface area contributed by atoms with E-state index in [1.54, 1.807) is 12.3 Å². The van der Waals surface area contributed by atoms with Gasteiger partial charge in [-0.1, -0.05) is 24.3 Å². The van der Waals surface area contributed by atoms with E-state index >= 15 is 0 Å². The Hall–Kier alpha value is -2.29. The van der Waals surface area contributed by atoms with E-state index in [0.29, 0.717) is 0 Å². The molecule has 0 fully saturated rings. The van der Waals surface area contributed by atoms with Gasteiger partial charge in [0.25, 0.3) is 0 Å². The molecule has 88 valence electrons. The number of pyridine rings is 2. The Labute approximate surface area is 104 Å². The van der Waals surface area contributed by atoms with Crippen molar-refractivity contribution in [1.29, 1.82) is 0 Å². The molecule has 3 heteroatoms. The Balaban J connectivity index is 2.33. The number of hydrogen-bond donors (Lipinski definition) is 0. The summed E-state index contributed by atoms with van der Waals surface area (Å²) in [6, 6.07) is 11.1. The molecule has 3 aromatic rings. The van der Waals surface area contributed by atoms with E-state index in [1.807, 2.05) is 37.4 Å². The second kappa shape index (κ2) is 4.18. The number of hydrogen-bond acceptors (Lipinski definition) is 2. The molecule has 2 aromatic heterocycles. The van der Waals surface area contributed by atoms with Crippen LogP contribution in [0.1, 0.15) is 5.69 Å². The maximum atomic E-state index is 12.9. The van der Waals surface area contributed by atoms with E-state index in [4.69, 9.17) is 0 Å². The van der Waals surface area contributed by atoms with Crippen LogP contribution in [0, 0.1) is 12.9 Å². The highest BCUT2D eigenvalue weighted by atomic mass is 19.1. The molecule has 2 heterocycles. The molecular weight excluding hydrogens is 227 g/mol. The van der Waals surface area contributed by atoms with Crippen molar-refractivity contribution < 1.29 is 4.39 Å². The Morgan fingerprint density at radius 3 is 2.56 bits per heavy atom. The summed E-state index contributed by atoms with van der Waals surface area (Å²) < 4.78 is 12.9. The van der Waals surface area contributed by atoms with Crippen molar-refractivity contribution in [2.24, 2.45) is 0 Å². The number of benzene rings is 1. The summed E-state index contributed by atoms with van der Waals surface area (Å²) in [5.74, 6) is -0.468. The van der Waals surface area contributed by atoms with Gasteiger partial charge in [-0.15, -0.1) is 0 Å². The molecule has 0 bridgehead atoms. The average molecular weight is 238 g/mol. The van der Waals surface area contributed by atoms with Crippen molar-refractivity contribution in [3.8, 4) is 11.1 Å². The average Bonchev–Trinajstić information content (AvgIpc) is 2.40. The fourth-order valence-corrected chi connectivity index (χ4v) is 2.15. The van der Waals surface area contributed by atoms with Gasteiger partial charge in [-0.25, -0.2) is 4.98 Å². The SMILES string of the molecule is Cc1ncc2ccccc2c1-c1ccc(F)nc1. The van der Waals surface area contributed by atoms with Crippen LogP contribution in [-0.4, -0.2) is 9.97 Å². The van der Waals surface area contributed by atoms with E-state index in [-0.39, 0.29) is 0 Å². The Morgan fingerprint density at radius 1 is 0.944 bits per heavy atom. The van der Waals surface area contributed by atoms with Crippen molar-refractivity contribution in [1.82, 2.24) is 9.97 Å². The lowest BCUT2D eigenvalue weighted by Crippen LogP contribution is -1.91. The van der Waals surface area contributed by atoms with E-state index < -0.39 is 5.95 Å². The molecule has 0 saturated heterocycles. The van der Waals surface area contributed by atoms with E-state index in [0.717, 1.165) is 27.6 Å². The van der Waals surface area contributed by atoms with Crippen molar-refractivity contribution in [2.75, 3.05) is 0 Å². The molecule has 0 atom stereocenters. The van der Waals surface area contributed by atoms with Crippen LogP contribution in [0.3, 0.4) is 0 Å². The minimum absolute atomic E-state index is 0.468. The second-order valence-electron chi connectivity index (χ2n) is 4.18. The fourth-order valence-electron chi connectivity index (χ4n) is 2.15.